The summed E-state index contributed by atoms with van der Waals surface area (Å²) in [5, 5.41) is 5.35. The average Bonchev–Trinajstić information content (AvgIpc) is 2.47. The van der Waals surface area contributed by atoms with Gasteiger partial charge in [0.1, 0.15) is 0 Å². The second kappa shape index (κ2) is 6.57. The van der Waals surface area contributed by atoms with Crippen LogP contribution in [0.2, 0.25) is 0 Å². The van der Waals surface area contributed by atoms with Crippen molar-refractivity contribution in [2.24, 2.45) is 0 Å². The molecule has 2 aromatic rings. The van der Waals surface area contributed by atoms with Gasteiger partial charge in [-0.2, -0.15) is 0 Å². The molecule has 7 heteroatoms. The molecule has 1 aromatic heterocycles. The molecule has 0 aliphatic carbocycles. The lowest BCUT2D eigenvalue weighted by Crippen LogP contribution is -2.28. The van der Waals surface area contributed by atoms with Crippen LogP contribution in [0, 0.1) is 6.92 Å². The molecule has 0 radical (unpaired) electrons. The van der Waals surface area contributed by atoms with Gasteiger partial charge in [0.25, 0.3) is 0 Å². The van der Waals surface area contributed by atoms with E-state index in [1.807, 2.05) is 6.07 Å². The van der Waals surface area contributed by atoms with Gasteiger partial charge in [-0.3, -0.25) is 4.98 Å². The molecule has 22 heavy (non-hydrogen) atoms. The van der Waals surface area contributed by atoms with Crippen molar-refractivity contribution in [2.75, 3.05) is 11.6 Å². The van der Waals surface area contributed by atoms with E-state index >= 15 is 0 Å². The molecule has 2 N–H and O–H groups in total. The van der Waals surface area contributed by atoms with Gasteiger partial charge in [0.15, 0.2) is 9.84 Å². The number of nitrogens with one attached hydrogen (secondary N) is 2. The summed E-state index contributed by atoms with van der Waals surface area (Å²) >= 11 is 0. The Bertz CT molecular complexity index is 774. The summed E-state index contributed by atoms with van der Waals surface area (Å²) in [6, 6.07) is 7.86. The number of sulfone groups is 1. The van der Waals surface area contributed by atoms with Gasteiger partial charge in [-0.15, -0.1) is 0 Å². The van der Waals surface area contributed by atoms with E-state index in [2.05, 4.69) is 15.6 Å². The number of nitrogens with zero attached hydrogens (tertiary/aromatic N) is 1. The summed E-state index contributed by atoms with van der Waals surface area (Å²) in [5.74, 6) is 0. The van der Waals surface area contributed by atoms with Crippen LogP contribution in [0.1, 0.15) is 11.1 Å². The van der Waals surface area contributed by atoms with Crippen molar-refractivity contribution in [3.05, 3.63) is 53.9 Å². The van der Waals surface area contributed by atoms with Crippen molar-refractivity contribution in [2.45, 2.75) is 18.4 Å². The number of urea groups is 1. The Morgan fingerprint density at radius 3 is 2.68 bits per heavy atom. The molecule has 0 bridgehead atoms. The second-order valence-corrected chi connectivity index (χ2v) is 6.93. The monoisotopic (exact) mass is 319 g/mol. The lowest BCUT2D eigenvalue weighted by molar-refractivity contribution is 0.251. The lowest BCUT2D eigenvalue weighted by atomic mass is 10.2. The highest BCUT2D eigenvalue weighted by Gasteiger charge is 2.11. The van der Waals surface area contributed by atoms with Crippen molar-refractivity contribution < 1.29 is 13.2 Å². The standard InChI is InChI=1S/C15H17N3O3S/c1-11-5-6-13(22(2,20)21)8-14(11)18-15(19)17-10-12-4-3-7-16-9-12/h3-9H,10H2,1-2H3,(H2,17,18,19). The summed E-state index contributed by atoms with van der Waals surface area (Å²) in [6.07, 6.45) is 4.45. The molecule has 0 aliphatic rings. The summed E-state index contributed by atoms with van der Waals surface area (Å²) in [7, 11) is -3.31. The van der Waals surface area contributed by atoms with Gasteiger partial charge in [0.05, 0.1) is 4.90 Å². The predicted molar refractivity (Wildman–Crippen MR) is 84.4 cm³/mol. The summed E-state index contributed by atoms with van der Waals surface area (Å²) in [4.78, 5) is 16.0. The second-order valence-electron chi connectivity index (χ2n) is 4.92. The smallest absolute Gasteiger partial charge is 0.319 e. The minimum absolute atomic E-state index is 0.167. The number of aryl methyl sites for hydroxylation is 1. The fourth-order valence-electron chi connectivity index (χ4n) is 1.82. The first-order chi connectivity index (χ1) is 10.4. The quantitative estimate of drug-likeness (QED) is 0.903. The number of carbonyl (C=O) groups excluding carboxylic acids is 1. The molecule has 0 fully saturated rings. The predicted octanol–water partition coefficient (Wildman–Crippen LogP) is 2.12. The zero-order chi connectivity index (χ0) is 16.2. The topological polar surface area (TPSA) is 88.2 Å². The van der Waals surface area contributed by atoms with Crippen molar-refractivity contribution in [3.63, 3.8) is 0 Å². The first-order valence-corrected chi connectivity index (χ1v) is 8.50. The molecule has 2 rings (SSSR count). The van der Waals surface area contributed by atoms with E-state index in [9.17, 15) is 13.2 Å². The van der Waals surface area contributed by atoms with Gasteiger partial charge in [0.2, 0.25) is 0 Å². The van der Waals surface area contributed by atoms with E-state index in [0.717, 1.165) is 17.4 Å². The molecule has 1 heterocycles. The van der Waals surface area contributed by atoms with Crippen molar-refractivity contribution in [1.29, 1.82) is 0 Å². The summed E-state index contributed by atoms with van der Waals surface area (Å²) in [5.41, 5.74) is 2.12. The SMILES string of the molecule is Cc1ccc(S(C)(=O)=O)cc1NC(=O)NCc1cccnc1. The minimum atomic E-state index is -3.31. The zero-order valence-corrected chi connectivity index (χ0v) is 13.1. The number of pyridine rings is 1. The van der Waals surface area contributed by atoms with Gasteiger partial charge < -0.3 is 10.6 Å². The summed E-state index contributed by atoms with van der Waals surface area (Å²) < 4.78 is 23.1. The van der Waals surface area contributed by atoms with Gasteiger partial charge in [-0.05, 0) is 36.2 Å². The number of carbonyl (C=O) groups is 1. The molecule has 1 aromatic carbocycles. The number of hydrogen-bond donors (Lipinski definition) is 2. The molecule has 0 aliphatic heterocycles. The largest absolute Gasteiger partial charge is 0.334 e. The van der Waals surface area contributed by atoms with E-state index < -0.39 is 15.9 Å². The van der Waals surface area contributed by atoms with E-state index in [1.54, 1.807) is 31.5 Å². The zero-order valence-electron chi connectivity index (χ0n) is 12.3. The summed E-state index contributed by atoms with van der Waals surface area (Å²) in [6.45, 7) is 2.13. The van der Waals surface area contributed by atoms with Crippen molar-refractivity contribution in [3.8, 4) is 0 Å². The van der Waals surface area contributed by atoms with Crippen molar-refractivity contribution >= 4 is 21.6 Å². The molecule has 0 atom stereocenters. The van der Waals surface area contributed by atoms with Crippen LogP contribution >= 0.6 is 0 Å². The van der Waals surface area contributed by atoms with Gasteiger partial charge in [-0.25, -0.2) is 13.2 Å². The van der Waals surface area contributed by atoms with E-state index in [-0.39, 0.29) is 4.90 Å². The third-order valence-corrected chi connectivity index (χ3v) is 4.17. The Morgan fingerprint density at radius 1 is 1.27 bits per heavy atom. The Hall–Kier alpha value is -2.41. The van der Waals surface area contributed by atoms with Crippen LogP contribution in [0.25, 0.3) is 0 Å². The molecule has 0 spiro atoms. The van der Waals surface area contributed by atoms with Crippen LogP contribution < -0.4 is 10.6 Å². The number of benzene rings is 1. The molecular weight excluding hydrogens is 302 g/mol. The number of hydrogen-bond acceptors (Lipinski definition) is 4. The van der Waals surface area contributed by atoms with E-state index in [0.29, 0.717) is 12.2 Å². The Morgan fingerprint density at radius 2 is 2.05 bits per heavy atom. The van der Waals surface area contributed by atoms with E-state index in [4.69, 9.17) is 0 Å². The maximum absolute atomic E-state index is 11.9. The van der Waals surface area contributed by atoms with Crippen LogP contribution in [0.3, 0.4) is 0 Å². The molecule has 0 unspecified atom stereocenters. The number of amides is 2. The molecule has 0 saturated heterocycles. The van der Waals surface area contributed by atoms with Gasteiger partial charge >= 0.3 is 6.03 Å². The third kappa shape index (κ3) is 4.29. The highest BCUT2D eigenvalue weighted by atomic mass is 32.2. The van der Waals surface area contributed by atoms with Gasteiger partial charge in [0, 0.05) is 30.9 Å². The van der Waals surface area contributed by atoms with Crippen LogP contribution in [-0.4, -0.2) is 25.7 Å². The molecular formula is C15H17N3O3S. The Kier molecular flexibility index (Phi) is 4.77. The van der Waals surface area contributed by atoms with Crippen LogP contribution in [-0.2, 0) is 16.4 Å². The van der Waals surface area contributed by atoms with Crippen molar-refractivity contribution in [1.82, 2.24) is 10.3 Å². The number of aromatic nitrogens is 1. The normalized spacial score (nSPS) is 11.0. The highest BCUT2D eigenvalue weighted by Crippen LogP contribution is 2.20. The van der Waals surface area contributed by atoms with Crippen LogP contribution in [0.15, 0.2) is 47.6 Å². The molecule has 2 amide bonds. The maximum atomic E-state index is 11.9. The maximum Gasteiger partial charge on any atom is 0.319 e. The highest BCUT2D eigenvalue weighted by molar-refractivity contribution is 7.90. The first kappa shape index (κ1) is 16.0. The van der Waals surface area contributed by atoms with Gasteiger partial charge in [-0.1, -0.05) is 12.1 Å². The fraction of sp³-hybridized carbons (Fsp3) is 0.200. The number of rotatable bonds is 4. The molecule has 116 valence electrons. The van der Waals surface area contributed by atoms with E-state index in [1.165, 1.54) is 12.1 Å². The average molecular weight is 319 g/mol. The third-order valence-electron chi connectivity index (χ3n) is 3.06. The Balaban J connectivity index is 2.05. The first-order valence-electron chi connectivity index (χ1n) is 6.61. The van der Waals surface area contributed by atoms with Crippen LogP contribution in [0.5, 0.6) is 0 Å². The lowest BCUT2D eigenvalue weighted by Gasteiger charge is -2.11. The molecule has 0 saturated carbocycles. The molecule has 6 nitrogen and oxygen atoms in total. The minimum Gasteiger partial charge on any atom is -0.334 e. The van der Waals surface area contributed by atoms with Crippen LogP contribution in [0.4, 0.5) is 10.5 Å². The fourth-order valence-corrected chi connectivity index (χ4v) is 2.47. The Labute approximate surface area is 129 Å². The number of anilines is 1.